The van der Waals surface area contributed by atoms with Crippen molar-refractivity contribution in [1.82, 2.24) is 24.6 Å². The van der Waals surface area contributed by atoms with Crippen LogP contribution in [-0.2, 0) is 53.7 Å². The molecule has 0 radical (unpaired) electrons. The van der Waals surface area contributed by atoms with E-state index >= 15 is 0 Å². The smallest absolute Gasteiger partial charge is 0.286 e. The molecule has 518 valence electrons. The molecule has 6 amide bonds. The maximum atomic E-state index is 13.0. The van der Waals surface area contributed by atoms with Crippen LogP contribution in [0.3, 0.4) is 0 Å². The first kappa shape index (κ1) is 77.4. The summed E-state index contributed by atoms with van der Waals surface area (Å²) >= 11 is 2.93. The Kier molecular flexibility index (Phi) is 32.1. The second-order valence-electron chi connectivity index (χ2n) is 23.6. The second kappa shape index (κ2) is 39.0. The second-order valence-corrected chi connectivity index (χ2v) is 33.3. The lowest BCUT2D eigenvalue weighted by molar-refractivity contribution is -0.119. The Balaban J connectivity index is 0.000000213. The quantitative estimate of drug-likeness (QED) is 0.0360. The van der Waals surface area contributed by atoms with Crippen molar-refractivity contribution in [1.29, 1.82) is 0 Å². The number of rotatable bonds is 36. The predicted octanol–water partition coefficient (Wildman–Crippen LogP) is 11.2. The normalized spacial score (nSPS) is 19.3. The molecule has 0 bridgehead atoms. The molecule has 22 nitrogen and oxygen atoms in total. The molecule has 3 aliphatic heterocycles. The largest absolute Gasteiger partial charge is 0.493 e. The van der Waals surface area contributed by atoms with E-state index in [1.54, 1.807) is 24.3 Å². The summed E-state index contributed by atoms with van der Waals surface area (Å²) < 4.78 is 107. The minimum atomic E-state index is -3.60. The van der Waals surface area contributed by atoms with E-state index in [1.807, 2.05) is 113 Å². The minimum absolute atomic E-state index is 0.0359. The lowest BCUT2D eigenvalue weighted by atomic mass is 10.0. The zero-order chi connectivity index (χ0) is 68.3. The van der Waals surface area contributed by atoms with E-state index in [4.69, 9.17) is 23.7 Å². The Hall–Kier alpha value is -5.56. The molecule has 6 fully saturated rings. The van der Waals surface area contributed by atoms with Gasteiger partial charge < -0.3 is 23.7 Å². The van der Waals surface area contributed by atoms with Crippen LogP contribution in [-0.4, -0.2) is 154 Å². The number of sulfone groups is 1. The van der Waals surface area contributed by atoms with Crippen LogP contribution in [0, 0.1) is 17.8 Å². The van der Waals surface area contributed by atoms with Gasteiger partial charge in [-0.1, -0.05) is 122 Å². The van der Waals surface area contributed by atoms with Crippen molar-refractivity contribution in [3.63, 3.8) is 0 Å². The molecule has 0 aromatic heterocycles. The zero-order valence-electron chi connectivity index (χ0n) is 54.4. The summed E-state index contributed by atoms with van der Waals surface area (Å²) in [5.41, 5.74) is 2.71. The topological polar surface area (TPSA) is 294 Å². The van der Waals surface area contributed by atoms with Gasteiger partial charge >= 0.3 is 0 Å². The lowest BCUT2D eigenvalue weighted by Crippen LogP contribution is -2.36. The molecule has 3 heterocycles. The molecular formula is C66H91N5O17S6. The number of ether oxygens (including phenoxy) is 5. The van der Waals surface area contributed by atoms with Crippen molar-refractivity contribution < 1.29 is 77.7 Å². The number of thioether (sulfide) groups is 3. The van der Waals surface area contributed by atoms with Crippen LogP contribution in [0.2, 0.25) is 0 Å². The molecule has 28 heteroatoms. The van der Waals surface area contributed by atoms with Gasteiger partial charge in [0.2, 0.25) is 37.8 Å². The number of imide groups is 3. The van der Waals surface area contributed by atoms with Crippen molar-refractivity contribution in [2.45, 2.75) is 133 Å². The van der Waals surface area contributed by atoms with Gasteiger partial charge in [0.05, 0.1) is 59.1 Å². The maximum absolute atomic E-state index is 13.0. The van der Waals surface area contributed by atoms with Crippen molar-refractivity contribution in [3.05, 3.63) is 126 Å². The van der Waals surface area contributed by atoms with Gasteiger partial charge in [-0.05, 0) is 168 Å². The zero-order valence-corrected chi connectivity index (χ0v) is 59.3. The molecule has 2 unspecified atom stereocenters. The van der Waals surface area contributed by atoms with Crippen molar-refractivity contribution in [2.75, 3.05) is 76.3 Å². The van der Waals surface area contributed by atoms with E-state index in [1.165, 1.54) is 61.4 Å². The van der Waals surface area contributed by atoms with E-state index < -0.39 is 46.4 Å². The molecule has 3 saturated carbocycles. The highest BCUT2D eigenvalue weighted by molar-refractivity contribution is 8.15. The number of amides is 6. The highest BCUT2D eigenvalue weighted by Gasteiger charge is 2.33. The molecule has 3 aliphatic carbocycles. The van der Waals surface area contributed by atoms with Crippen LogP contribution in [0.15, 0.2) is 109 Å². The summed E-state index contributed by atoms with van der Waals surface area (Å²) in [5, 5.41) is 4.81. The molecule has 3 N–H and O–H groups in total. The number of nitrogens with zero attached hydrogens (tertiary/aromatic N) is 2. The number of hydrogen-bond donors (Lipinski definition) is 3. The molecule has 6 aliphatic rings. The number of carbonyl (C=O) groups is 6. The number of benzene rings is 3. The summed E-state index contributed by atoms with van der Waals surface area (Å²) in [6.45, 7) is 9.81. The lowest BCUT2D eigenvalue weighted by Gasteiger charge is -2.28. The van der Waals surface area contributed by atoms with Gasteiger partial charge in [0, 0.05) is 26.3 Å². The van der Waals surface area contributed by atoms with Gasteiger partial charge in [0.1, 0.15) is 30.7 Å². The Bertz CT molecular complexity index is 3430. The summed E-state index contributed by atoms with van der Waals surface area (Å²) in [6, 6.07) is 22.2. The Morgan fingerprint density at radius 2 is 0.915 bits per heavy atom. The van der Waals surface area contributed by atoms with Crippen LogP contribution in [0.4, 0.5) is 14.4 Å². The number of nitrogens with one attached hydrogen (secondary N) is 3. The molecule has 3 saturated heterocycles. The van der Waals surface area contributed by atoms with Gasteiger partial charge in [-0.25, -0.2) is 25.3 Å². The number of sulfonamides is 2. The standard InChI is InChI=1S/C22H30N2O6S2.C21H27NO5S2.C20H31NO4S.C3H3NO2S/c1-16(18-7-6-8-19(13-18)30-14-17-10-11-17)24(15-29-2)32(27,28)12-5-3-4-9-20-21(25)23-22(26)31-20;1-15(17-6-5-7-18(12-17)27-13-16-9-10-16)14-29(25,26)11-4-2-3-8-19-20(23)22-21(24)28-19;1-4-5-6-7-13-26(22,23)21(16-24-3)17(2)19-9-8-10-20(14-19)25-15-18-11-12-18;5-2-1-7-3(6)4-2/h3-4,6-8,13,16-17,20H,5,9-12,14-15H2,1-2H3,(H,23,25,26);2-3,5-7,12,15-16,19H,4,8-11,13-14H2,1H3,(H,22,23,24);5-6,8-10,14,17-18H,4,7,11-13,15-16H2,1-3H3;1H2,(H,4,5,6)/b4-3+;3-2+;6-5+;/t16-,20?;15-,19?;17-;/m101./s1. The third-order valence-corrected chi connectivity index (χ3v) is 23.9. The molecule has 94 heavy (non-hydrogen) atoms. The molecule has 9 rings (SSSR count). The Morgan fingerprint density at radius 3 is 1.26 bits per heavy atom. The SMILES string of the molecule is CC/C=C/CCS(=O)(=O)N(COC)[C@H](C)c1cccc(OCC2CC2)c1.COCN([C@H](C)c1cccc(OCC2CC2)c1)S(=O)(=O)CC/C=C/CC1SC(=O)NC1=O.C[C@@H](CS(=O)(=O)CC/C=C/CC1SC(=O)NC1=O)c1cccc(OCC2CC2)c1.O=C1CSC(=O)N1. The van der Waals surface area contributed by atoms with E-state index in [-0.39, 0.29) is 81.9 Å². The fourth-order valence-corrected chi connectivity index (χ4v) is 16.2. The summed E-state index contributed by atoms with van der Waals surface area (Å²) in [5.74, 6) is 3.87. The molecule has 3 aromatic carbocycles. The summed E-state index contributed by atoms with van der Waals surface area (Å²) in [6.07, 6.45) is 21.2. The number of allylic oxidation sites excluding steroid dienone is 6. The average Bonchev–Trinajstić information content (AvgIpc) is 1.31. The van der Waals surface area contributed by atoms with Gasteiger partial charge in [0.25, 0.3) is 15.7 Å². The third-order valence-electron chi connectivity index (χ3n) is 15.5. The first-order valence-electron chi connectivity index (χ1n) is 31.7. The van der Waals surface area contributed by atoms with Crippen LogP contribution < -0.4 is 30.2 Å². The van der Waals surface area contributed by atoms with Crippen LogP contribution in [0.1, 0.15) is 139 Å². The van der Waals surface area contributed by atoms with E-state index in [2.05, 4.69) is 16.0 Å². The third kappa shape index (κ3) is 28.3. The van der Waals surface area contributed by atoms with Gasteiger partial charge in [0.15, 0.2) is 9.84 Å². The number of hydrogen-bond acceptors (Lipinski definition) is 20. The van der Waals surface area contributed by atoms with Crippen molar-refractivity contribution in [2.24, 2.45) is 17.8 Å². The van der Waals surface area contributed by atoms with Crippen LogP contribution in [0.5, 0.6) is 17.2 Å². The average molecular weight is 1420 g/mol. The van der Waals surface area contributed by atoms with Crippen molar-refractivity contribution in [3.8, 4) is 17.2 Å². The van der Waals surface area contributed by atoms with Gasteiger partial charge in [-0.15, -0.1) is 0 Å². The highest BCUT2D eigenvalue weighted by Crippen LogP contribution is 2.34. The summed E-state index contributed by atoms with van der Waals surface area (Å²) in [7, 11) is -7.25. The number of methoxy groups -OCH3 is 2. The maximum Gasteiger partial charge on any atom is 0.286 e. The van der Waals surface area contributed by atoms with Crippen LogP contribution >= 0.6 is 35.3 Å². The van der Waals surface area contributed by atoms with E-state index in [0.717, 1.165) is 88.9 Å². The van der Waals surface area contributed by atoms with Gasteiger partial charge in [-0.3, -0.25) is 44.7 Å². The monoisotopic (exact) mass is 1420 g/mol. The first-order chi connectivity index (χ1) is 44.9. The Labute approximate surface area is 567 Å². The first-order valence-corrected chi connectivity index (χ1v) is 39.5. The molecular weight excluding hydrogens is 1330 g/mol. The molecule has 3 aromatic rings. The summed E-state index contributed by atoms with van der Waals surface area (Å²) in [4.78, 5) is 65.5. The fraction of sp³-hybridized carbons (Fsp3) is 0.545. The van der Waals surface area contributed by atoms with Gasteiger partial charge in [-0.2, -0.15) is 8.61 Å². The predicted molar refractivity (Wildman–Crippen MR) is 370 cm³/mol. The highest BCUT2D eigenvalue weighted by atomic mass is 32.2. The van der Waals surface area contributed by atoms with E-state index in [9.17, 15) is 54.0 Å². The Morgan fingerprint density at radius 1 is 0.521 bits per heavy atom. The van der Waals surface area contributed by atoms with Crippen LogP contribution in [0.25, 0.3) is 0 Å². The van der Waals surface area contributed by atoms with E-state index in [0.29, 0.717) is 62.2 Å². The minimum Gasteiger partial charge on any atom is -0.493 e. The fourth-order valence-electron chi connectivity index (χ4n) is 9.44. The molecule has 5 atom stereocenters. The number of carbonyl (C=O) groups excluding carboxylic acids is 6. The van der Waals surface area contributed by atoms with Crippen molar-refractivity contribution >= 4 is 98.6 Å². The molecule has 0 spiro atoms.